The topological polar surface area (TPSA) is 93.1 Å². The molecule has 0 saturated heterocycles. The molecule has 0 bridgehead atoms. The number of benzene rings is 2. The van der Waals surface area contributed by atoms with Gasteiger partial charge in [0.25, 0.3) is 5.56 Å². The van der Waals surface area contributed by atoms with Gasteiger partial charge in [-0.15, -0.1) is 0 Å². The van der Waals surface area contributed by atoms with Crippen molar-refractivity contribution in [1.82, 2.24) is 9.55 Å². The van der Waals surface area contributed by atoms with Gasteiger partial charge in [0.2, 0.25) is 11.8 Å². The maximum atomic E-state index is 12.7. The highest BCUT2D eigenvalue weighted by Crippen LogP contribution is 2.24. The van der Waals surface area contributed by atoms with Crippen molar-refractivity contribution in [3.8, 4) is 0 Å². The van der Waals surface area contributed by atoms with Gasteiger partial charge in [-0.3, -0.25) is 19.0 Å². The van der Waals surface area contributed by atoms with Crippen LogP contribution < -0.4 is 16.2 Å². The molecule has 0 aliphatic carbocycles. The van der Waals surface area contributed by atoms with Gasteiger partial charge in [0, 0.05) is 24.8 Å². The van der Waals surface area contributed by atoms with Crippen molar-refractivity contribution in [3.63, 3.8) is 0 Å². The minimum Gasteiger partial charge on any atom is -0.326 e. The average molecular weight is 410 g/mol. The van der Waals surface area contributed by atoms with Crippen LogP contribution in [0.15, 0.2) is 58.5 Å². The average Bonchev–Trinajstić information content (AvgIpc) is 2.69. The lowest BCUT2D eigenvalue weighted by atomic mass is 10.2. The number of aromatic nitrogens is 2. The van der Waals surface area contributed by atoms with Crippen molar-refractivity contribution < 1.29 is 9.59 Å². The third-order valence-electron chi connectivity index (χ3n) is 4.27. The molecule has 1 unspecified atom stereocenters. The van der Waals surface area contributed by atoms with Crippen molar-refractivity contribution in [2.75, 3.05) is 10.6 Å². The fraction of sp³-hybridized carbons (Fsp3) is 0.238. The van der Waals surface area contributed by atoms with E-state index in [4.69, 9.17) is 0 Å². The Bertz CT molecular complexity index is 1110. The molecule has 1 heterocycles. The highest BCUT2D eigenvalue weighted by molar-refractivity contribution is 8.00. The number of hydrogen-bond donors (Lipinski definition) is 2. The van der Waals surface area contributed by atoms with Crippen molar-refractivity contribution >= 4 is 45.9 Å². The fourth-order valence-corrected chi connectivity index (χ4v) is 3.78. The molecule has 0 saturated carbocycles. The van der Waals surface area contributed by atoms with Crippen molar-refractivity contribution in [1.29, 1.82) is 0 Å². The van der Waals surface area contributed by atoms with E-state index in [-0.39, 0.29) is 17.4 Å². The first-order valence-electron chi connectivity index (χ1n) is 9.23. The van der Waals surface area contributed by atoms with Gasteiger partial charge in [0.15, 0.2) is 5.16 Å². The summed E-state index contributed by atoms with van der Waals surface area (Å²) in [5.41, 5.74) is 1.79. The molecule has 7 nitrogen and oxygen atoms in total. The van der Waals surface area contributed by atoms with Gasteiger partial charge in [0.1, 0.15) is 0 Å². The van der Waals surface area contributed by atoms with E-state index in [0.717, 1.165) is 0 Å². The van der Waals surface area contributed by atoms with Crippen LogP contribution in [0.25, 0.3) is 10.9 Å². The van der Waals surface area contributed by atoms with E-state index < -0.39 is 5.25 Å². The van der Waals surface area contributed by atoms with E-state index in [0.29, 0.717) is 34.0 Å². The Morgan fingerprint density at radius 1 is 1.07 bits per heavy atom. The lowest BCUT2D eigenvalue weighted by Crippen LogP contribution is -2.26. The van der Waals surface area contributed by atoms with Crippen molar-refractivity contribution in [3.05, 3.63) is 58.9 Å². The second-order valence-electron chi connectivity index (χ2n) is 6.47. The molecular weight excluding hydrogens is 388 g/mol. The van der Waals surface area contributed by atoms with E-state index in [9.17, 15) is 14.4 Å². The maximum Gasteiger partial charge on any atom is 0.262 e. The summed E-state index contributed by atoms with van der Waals surface area (Å²) in [4.78, 5) is 41.0. The maximum absolute atomic E-state index is 12.7. The van der Waals surface area contributed by atoms with Gasteiger partial charge in [-0.25, -0.2) is 4.98 Å². The lowest BCUT2D eigenvalue weighted by molar-refractivity contribution is -0.115. The molecule has 0 aliphatic rings. The summed E-state index contributed by atoms with van der Waals surface area (Å²) in [6.07, 6.45) is 0. The van der Waals surface area contributed by atoms with Gasteiger partial charge in [-0.1, -0.05) is 23.9 Å². The number of hydrogen-bond acceptors (Lipinski definition) is 5. The number of carbonyl (C=O) groups excluding carboxylic acids is 2. The minimum atomic E-state index is -0.462. The third kappa shape index (κ3) is 4.83. The van der Waals surface area contributed by atoms with Crippen molar-refractivity contribution in [2.45, 2.75) is 37.7 Å². The first kappa shape index (κ1) is 20.6. The number of carbonyl (C=O) groups is 2. The van der Waals surface area contributed by atoms with Gasteiger partial charge < -0.3 is 10.6 Å². The predicted octanol–water partition coefficient (Wildman–Crippen LogP) is 3.49. The number of rotatable bonds is 6. The molecule has 2 amide bonds. The second kappa shape index (κ2) is 8.91. The Labute approximate surface area is 172 Å². The Balaban J connectivity index is 1.76. The zero-order valence-electron chi connectivity index (χ0n) is 16.4. The molecule has 0 aliphatic heterocycles. The molecule has 8 heteroatoms. The summed E-state index contributed by atoms with van der Waals surface area (Å²) in [5, 5.41) is 6.14. The summed E-state index contributed by atoms with van der Waals surface area (Å²) in [6.45, 7) is 5.56. The summed E-state index contributed by atoms with van der Waals surface area (Å²) >= 11 is 1.25. The van der Waals surface area contributed by atoms with E-state index in [1.807, 2.05) is 19.1 Å². The number of nitrogens with one attached hydrogen (secondary N) is 2. The Kier molecular flexibility index (Phi) is 6.33. The van der Waals surface area contributed by atoms with Gasteiger partial charge in [-0.2, -0.15) is 0 Å². The summed E-state index contributed by atoms with van der Waals surface area (Å²) in [7, 11) is 0. The first-order valence-corrected chi connectivity index (χ1v) is 10.1. The largest absolute Gasteiger partial charge is 0.326 e. The molecule has 2 aromatic carbocycles. The molecule has 0 fully saturated rings. The monoisotopic (exact) mass is 410 g/mol. The first-order chi connectivity index (χ1) is 13.9. The van der Waals surface area contributed by atoms with Crippen LogP contribution in [-0.2, 0) is 16.1 Å². The summed E-state index contributed by atoms with van der Waals surface area (Å²) < 4.78 is 1.58. The van der Waals surface area contributed by atoms with Crippen molar-refractivity contribution in [2.24, 2.45) is 0 Å². The molecule has 1 atom stereocenters. The number of para-hydroxylation sites is 1. The number of anilines is 2. The molecule has 2 N–H and O–H groups in total. The number of fused-ring (bicyclic) bond motifs is 1. The minimum absolute atomic E-state index is 0.109. The fourth-order valence-electron chi connectivity index (χ4n) is 2.81. The van der Waals surface area contributed by atoms with Crippen LogP contribution in [0, 0.1) is 0 Å². The normalized spacial score (nSPS) is 11.8. The van der Waals surface area contributed by atoms with Crippen LogP contribution >= 0.6 is 11.8 Å². The smallest absolute Gasteiger partial charge is 0.262 e. The molecule has 1 aromatic heterocycles. The van der Waals surface area contributed by atoms with E-state index in [1.54, 1.807) is 47.9 Å². The van der Waals surface area contributed by atoms with Crippen LogP contribution in [-0.4, -0.2) is 26.6 Å². The van der Waals surface area contributed by atoms with E-state index in [1.165, 1.54) is 18.7 Å². The Morgan fingerprint density at radius 3 is 2.31 bits per heavy atom. The molecule has 150 valence electrons. The lowest BCUT2D eigenvalue weighted by Gasteiger charge is -2.15. The zero-order valence-corrected chi connectivity index (χ0v) is 17.2. The van der Waals surface area contributed by atoms with Gasteiger partial charge in [0.05, 0.1) is 16.2 Å². The molecular formula is C21H22N4O3S. The van der Waals surface area contributed by atoms with Crippen LogP contribution in [0.2, 0.25) is 0 Å². The number of amides is 2. The number of thioether (sulfide) groups is 1. The quantitative estimate of drug-likeness (QED) is 0.479. The van der Waals surface area contributed by atoms with Gasteiger partial charge in [-0.05, 0) is 50.2 Å². The van der Waals surface area contributed by atoms with Gasteiger partial charge >= 0.3 is 0 Å². The third-order valence-corrected chi connectivity index (χ3v) is 5.36. The zero-order chi connectivity index (χ0) is 21.0. The van der Waals surface area contributed by atoms with Crippen LogP contribution in [0.4, 0.5) is 11.4 Å². The summed E-state index contributed by atoms with van der Waals surface area (Å²) in [5.74, 6) is -0.357. The summed E-state index contributed by atoms with van der Waals surface area (Å²) in [6, 6.07) is 14.1. The van der Waals surface area contributed by atoms with Crippen LogP contribution in [0.1, 0.15) is 20.8 Å². The number of nitrogens with zero attached hydrogens (tertiary/aromatic N) is 2. The Morgan fingerprint density at radius 2 is 1.69 bits per heavy atom. The van der Waals surface area contributed by atoms with Crippen LogP contribution in [0.5, 0.6) is 0 Å². The SMILES string of the molecule is CCn1c(SC(C)C(=O)Nc2ccc(NC(C)=O)cc2)nc2ccccc2c1=O. The van der Waals surface area contributed by atoms with Crippen LogP contribution in [0.3, 0.4) is 0 Å². The molecule has 3 aromatic rings. The van der Waals surface area contributed by atoms with E-state index in [2.05, 4.69) is 15.6 Å². The van der Waals surface area contributed by atoms with E-state index >= 15 is 0 Å². The highest BCUT2D eigenvalue weighted by Gasteiger charge is 2.19. The predicted molar refractivity (Wildman–Crippen MR) is 116 cm³/mol. The Hall–Kier alpha value is -3.13. The molecule has 29 heavy (non-hydrogen) atoms. The standard InChI is InChI=1S/C21H22N4O3S/c1-4-25-20(28)17-7-5-6-8-18(17)24-21(25)29-13(2)19(27)23-16-11-9-15(10-12-16)22-14(3)26/h5-13H,4H2,1-3H3,(H,22,26)(H,23,27). The molecule has 0 radical (unpaired) electrons. The molecule has 3 rings (SSSR count). The highest BCUT2D eigenvalue weighted by atomic mass is 32.2. The second-order valence-corrected chi connectivity index (χ2v) is 7.78. The molecule has 0 spiro atoms.